The molecule has 0 aliphatic heterocycles. The Kier molecular flexibility index (Phi) is 5.52. The summed E-state index contributed by atoms with van der Waals surface area (Å²) in [5.41, 5.74) is 2.03. The maximum Gasteiger partial charge on any atom is 0.311 e. The number of carbonyl (C=O) groups is 1. The first-order valence-electron chi connectivity index (χ1n) is 8.23. The number of benzene rings is 2. The van der Waals surface area contributed by atoms with Crippen molar-refractivity contribution in [1.82, 2.24) is 5.32 Å². The van der Waals surface area contributed by atoms with Crippen LogP contribution in [0, 0.1) is 17.0 Å². The van der Waals surface area contributed by atoms with Crippen molar-refractivity contribution < 1.29 is 14.5 Å². The van der Waals surface area contributed by atoms with E-state index >= 15 is 0 Å². The van der Waals surface area contributed by atoms with E-state index in [2.05, 4.69) is 5.32 Å². The monoisotopic (exact) mass is 382 g/mol. The lowest BCUT2D eigenvalue weighted by molar-refractivity contribution is -0.385. The number of ether oxygens (including phenoxy) is 1. The number of rotatable bonds is 6. The third-order valence-electron chi connectivity index (χ3n) is 4.15. The van der Waals surface area contributed by atoms with Gasteiger partial charge in [0.1, 0.15) is 0 Å². The van der Waals surface area contributed by atoms with Crippen LogP contribution in [0.25, 0.3) is 0 Å². The first kappa shape index (κ1) is 18.6. The number of methoxy groups -OCH3 is 1. The van der Waals surface area contributed by atoms with Gasteiger partial charge in [0.2, 0.25) is 0 Å². The number of hydrogen-bond donors (Lipinski definition) is 1. The van der Waals surface area contributed by atoms with Crippen molar-refractivity contribution in [2.75, 3.05) is 7.11 Å². The SMILES string of the molecule is COc1ccc(C(=O)N[C@@H](c2ccc(C)cc2)c2cccs2)cc1[N+](=O)[O-]. The van der Waals surface area contributed by atoms with Crippen LogP contribution in [0.4, 0.5) is 5.69 Å². The maximum absolute atomic E-state index is 12.8. The average molecular weight is 382 g/mol. The molecule has 6 nitrogen and oxygen atoms in total. The number of amides is 1. The second-order valence-corrected chi connectivity index (χ2v) is 6.96. The Balaban J connectivity index is 1.92. The highest BCUT2D eigenvalue weighted by molar-refractivity contribution is 7.10. The second kappa shape index (κ2) is 8.01. The number of nitro benzene ring substituents is 1. The van der Waals surface area contributed by atoms with Crippen LogP contribution in [0.5, 0.6) is 5.75 Å². The van der Waals surface area contributed by atoms with Crippen LogP contribution in [-0.2, 0) is 0 Å². The zero-order chi connectivity index (χ0) is 19.4. The van der Waals surface area contributed by atoms with Gasteiger partial charge in [-0.1, -0.05) is 35.9 Å². The number of nitrogens with one attached hydrogen (secondary N) is 1. The molecule has 0 radical (unpaired) electrons. The Morgan fingerprint density at radius 1 is 1.19 bits per heavy atom. The van der Waals surface area contributed by atoms with Gasteiger partial charge in [0.05, 0.1) is 18.1 Å². The highest BCUT2D eigenvalue weighted by Gasteiger charge is 2.22. The Hall–Kier alpha value is -3.19. The Morgan fingerprint density at radius 3 is 2.52 bits per heavy atom. The standard InChI is InChI=1S/C20H18N2O4S/c1-13-5-7-14(8-6-13)19(18-4-3-11-27-18)21-20(23)15-9-10-17(26-2)16(12-15)22(24)25/h3-12,19H,1-2H3,(H,21,23)/t19-/m0/s1. The van der Waals surface area contributed by atoms with Crippen molar-refractivity contribution in [3.8, 4) is 5.75 Å². The lowest BCUT2D eigenvalue weighted by Gasteiger charge is -2.18. The van der Waals surface area contributed by atoms with Gasteiger partial charge < -0.3 is 10.1 Å². The fourth-order valence-corrected chi connectivity index (χ4v) is 3.52. The smallest absolute Gasteiger partial charge is 0.311 e. The summed E-state index contributed by atoms with van der Waals surface area (Å²) in [5.74, 6) is -0.274. The minimum atomic E-state index is -0.563. The van der Waals surface area contributed by atoms with E-state index in [-0.39, 0.29) is 28.9 Å². The first-order chi connectivity index (χ1) is 13.0. The molecule has 3 rings (SSSR count). The van der Waals surface area contributed by atoms with E-state index in [0.717, 1.165) is 16.0 Å². The summed E-state index contributed by atoms with van der Waals surface area (Å²) in [6.07, 6.45) is 0. The molecule has 0 unspecified atom stereocenters. The van der Waals surface area contributed by atoms with Crippen LogP contribution in [-0.4, -0.2) is 17.9 Å². The molecule has 3 aromatic rings. The normalized spacial score (nSPS) is 11.6. The highest BCUT2D eigenvalue weighted by atomic mass is 32.1. The Bertz CT molecular complexity index is 953. The van der Waals surface area contributed by atoms with Gasteiger partial charge in [0.15, 0.2) is 5.75 Å². The first-order valence-corrected chi connectivity index (χ1v) is 9.11. The molecule has 0 saturated carbocycles. The summed E-state index contributed by atoms with van der Waals surface area (Å²) in [4.78, 5) is 24.4. The van der Waals surface area contributed by atoms with E-state index in [4.69, 9.17) is 4.74 Å². The average Bonchev–Trinajstić information content (AvgIpc) is 3.20. The van der Waals surface area contributed by atoms with E-state index in [1.54, 1.807) is 0 Å². The fourth-order valence-electron chi connectivity index (χ4n) is 2.72. The molecule has 7 heteroatoms. The summed E-state index contributed by atoms with van der Waals surface area (Å²) in [6, 6.07) is 15.6. The second-order valence-electron chi connectivity index (χ2n) is 5.98. The predicted octanol–water partition coefficient (Wildman–Crippen LogP) is 4.49. The number of nitro groups is 1. The number of carbonyl (C=O) groups excluding carboxylic acids is 1. The number of nitrogens with zero attached hydrogens (tertiary/aromatic N) is 1. The van der Waals surface area contributed by atoms with E-state index in [1.807, 2.05) is 48.7 Å². The summed E-state index contributed by atoms with van der Waals surface area (Å²) in [5, 5.41) is 16.1. The molecular weight excluding hydrogens is 364 g/mol. The molecule has 2 aromatic carbocycles. The number of hydrogen-bond acceptors (Lipinski definition) is 5. The molecule has 0 spiro atoms. The van der Waals surface area contributed by atoms with E-state index in [1.165, 1.54) is 36.6 Å². The van der Waals surface area contributed by atoms with Gasteiger partial charge >= 0.3 is 5.69 Å². The molecule has 0 saturated heterocycles. The minimum Gasteiger partial charge on any atom is -0.490 e. The Morgan fingerprint density at radius 2 is 1.93 bits per heavy atom. The van der Waals surface area contributed by atoms with Gasteiger partial charge in [-0.05, 0) is 36.1 Å². The van der Waals surface area contributed by atoms with Gasteiger partial charge in [-0.15, -0.1) is 11.3 Å². The van der Waals surface area contributed by atoms with Gasteiger partial charge in [-0.2, -0.15) is 0 Å². The Labute approximate surface area is 160 Å². The van der Waals surface area contributed by atoms with Gasteiger partial charge in [0, 0.05) is 16.5 Å². The summed E-state index contributed by atoms with van der Waals surface area (Å²) in [6.45, 7) is 2.00. The molecular formula is C20H18N2O4S. The third-order valence-corrected chi connectivity index (χ3v) is 5.09. The summed E-state index contributed by atoms with van der Waals surface area (Å²) in [7, 11) is 1.35. The van der Waals surface area contributed by atoms with Crippen molar-refractivity contribution in [3.05, 3.63) is 91.7 Å². The summed E-state index contributed by atoms with van der Waals surface area (Å²) >= 11 is 1.54. The van der Waals surface area contributed by atoms with Crippen molar-refractivity contribution >= 4 is 22.9 Å². The fraction of sp³-hybridized carbons (Fsp3) is 0.150. The van der Waals surface area contributed by atoms with Crippen LogP contribution >= 0.6 is 11.3 Å². The summed E-state index contributed by atoms with van der Waals surface area (Å²) < 4.78 is 4.99. The molecule has 0 aliphatic rings. The molecule has 0 aliphatic carbocycles. The zero-order valence-corrected chi connectivity index (χ0v) is 15.7. The maximum atomic E-state index is 12.8. The molecule has 1 N–H and O–H groups in total. The molecule has 27 heavy (non-hydrogen) atoms. The molecule has 138 valence electrons. The van der Waals surface area contributed by atoms with Crippen LogP contribution < -0.4 is 10.1 Å². The van der Waals surface area contributed by atoms with Gasteiger partial charge in [-0.3, -0.25) is 14.9 Å². The topological polar surface area (TPSA) is 81.5 Å². The molecule has 0 fully saturated rings. The number of thiophene rings is 1. The van der Waals surface area contributed by atoms with Crippen LogP contribution in [0.15, 0.2) is 60.0 Å². The molecule has 1 amide bonds. The van der Waals surface area contributed by atoms with E-state index in [9.17, 15) is 14.9 Å². The van der Waals surface area contributed by atoms with Crippen LogP contribution in [0.3, 0.4) is 0 Å². The largest absolute Gasteiger partial charge is 0.490 e. The molecule has 1 aromatic heterocycles. The van der Waals surface area contributed by atoms with Crippen LogP contribution in [0.2, 0.25) is 0 Å². The highest BCUT2D eigenvalue weighted by Crippen LogP contribution is 2.29. The minimum absolute atomic E-state index is 0.116. The number of aryl methyl sites for hydroxylation is 1. The van der Waals surface area contributed by atoms with E-state index in [0.29, 0.717) is 0 Å². The zero-order valence-electron chi connectivity index (χ0n) is 14.8. The lowest BCUT2D eigenvalue weighted by Crippen LogP contribution is -2.28. The van der Waals surface area contributed by atoms with Gasteiger partial charge in [0.25, 0.3) is 5.91 Å². The molecule has 1 atom stereocenters. The van der Waals surface area contributed by atoms with Crippen molar-refractivity contribution in [2.45, 2.75) is 13.0 Å². The molecule has 0 bridgehead atoms. The lowest BCUT2D eigenvalue weighted by atomic mass is 10.0. The third kappa shape index (κ3) is 4.15. The van der Waals surface area contributed by atoms with E-state index < -0.39 is 4.92 Å². The predicted molar refractivity (Wildman–Crippen MR) is 104 cm³/mol. The van der Waals surface area contributed by atoms with Crippen molar-refractivity contribution in [3.63, 3.8) is 0 Å². The van der Waals surface area contributed by atoms with Crippen LogP contribution in [0.1, 0.15) is 32.4 Å². The van der Waals surface area contributed by atoms with Crippen molar-refractivity contribution in [2.24, 2.45) is 0 Å². The molecule has 1 heterocycles. The van der Waals surface area contributed by atoms with Crippen molar-refractivity contribution in [1.29, 1.82) is 0 Å². The quantitative estimate of drug-likeness (QED) is 0.503. The van der Waals surface area contributed by atoms with Gasteiger partial charge in [-0.25, -0.2) is 0 Å².